The van der Waals surface area contributed by atoms with E-state index in [1.165, 1.54) is 18.2 Å². The molecule has 1 saturated heterocycles. The number of benzene rings is 2. The molecule has 2 aromatic rings. The monoisotopic (exact) mass is 434 g/mol. The Balaban J connectivity index is 1.89. The van der Waals surface area contributed by atoms with Crippen molar-refractivity contribution in [2.24, 2.45) is 0 Å². The van der Waals surface area contributed by atoms with Crippen LogP contribution in [0, 0.1) is 0 Å². The van der Waals surface area contributed by atoms with E-state index in [1.54, 1.807) is 12.1 Å². The summed E-state index contributed by atoms with van der Waals surface area (Å²) in [6.07, 6.45) is -5.41. The number of aliphatic hydroxyl groups is 4. The van der Waals surface area contributed by atoms with Gasteiger partial charge in [-0.1, -0.05) is 18.2 Å². The topological polar surface area (TPSA) is 177 Å². The van der Waals surface area contributed by atoms with Crippen LogP contribution in [0.25, 0.3) is 6.08 Å². The van der Waals surface area contributed by atoms with Gasteiger partial charge in [-0.25, -0.2) is 0 Å². The second-order valence-electron chi connectivity index (χ2n) is 6.95. The molecule has 10 nitrogen and oxygen atoms in total. The summed E-state index contributed by atoms with van der Waals surface area (Å²) in [6.45, 7) is -0.687. The van der Waals surface area contributed by atoms with E-state index in [0.717, 1.165) is 18.2 Å². The van der Waals surface area contributed by atoms with Gasteiger partial charge in [0.05, 0.1) is 12.2 Å². The molecule has 1 aliphatic rings. The van der Waals surface area contributed by atoms with Crippen molar-refractivity contribution < 1.29 is 50.0 Å². The SMILES string of the molecule is O=C(/C=C/c1ccc(O)cc1)c1cc(O)cc(O)c1O[C@@H]1O[C@H](CO)[C@@H](O)[C@H](O)[C@H]1O. The molecule has 0 spiro atoms. The molecule has 0 saturated carbocycles. The van der Waals surface area contributed by atoms with Crippen LogP contribution < -0.4 is 4.74 Å². The second-order valence-corrected chi connectivity index (χ2v) is 6.95. The summed E-state index contributed by atoms with van der Waals surface area (Å²) >= 11 is 0. The van der Waals surface area contributed by atoms with Crippen molar-refractivity contribution in [1.29, 1.82) is 0 Å². The molecule has 1 aliphatic heterocycles. The van der Waals surface area contributed by atoms with Crippen LogP contribution in [0.3, 0.4) is 0 Å². The predicted octanol–water partition coefficient (Wildman–Crippen LogP) is -0.122. The third-order valence-corrected chi connectivity index (χ3v) is 4.72. The van der Waals surface area contributed by atoms with E-state index in [-0.39, 0.29) is 11.3 Å². The first-order chi connectivity index (χ1) is 14.7. The molecule has 0 amide bonds. The van der Waals surface area contributed by atoms with Gasteiger partial charge in [0.25, 0.3) is 0 Å². The highest BCUT2D eigenvalue weighted by Gasteiger charge is 2.45. The zero-order chi connectivity index (χ0) is 22.7. The fourth-order valence-electron chi connectivity index (χ4n) is 3.03. The van der Waals surface area contributed by atoms with Gasteiger partial charge in [0, 0.05) is 6.07 Å². The van der Waals surface area contributed by atoms with Gasteiger partial charge in [-0.3, -0.25) is 4.79 Å². The van der Waals surface area contributed by atoms with Crippen molar-refractivity contribution in [3.05, 3.63) is 53.6 Å². The van der Waals surface area contributed by atoms with Gasteiger partial charge >= 0.3 is 0 Å². The van der Waals surface area contributed by atoms with Gasteiger partial charge in [-0.05, 0) is 29.8 Å². The number of aliphatic hydroxyl groups excluding tert-OH is 4. The fraction of sp³-hybridized carbons (Fsp3) is 0.286. The van der Waals surface area contributed by atoms with Gasteiger partial charge in [0.2, 0.25) is 6.29 Å². The molecular formula is C21H22O10. The van der Waals surface area contributed by atoms with Gasteiger partial charge in [-0.2, -0.15) is 0 Å². The maximum Gasteiger partial charge on any atom is 0.229 e. The molecule has 166 valence electrons. The number of hydrogen-bond donors (Lipinski definition) is 7. The smallest absolute Gasteiger partial charge is 0.229 e. The number of aromatic hydroxyl groups is 3. The molecule has 1 heterocycles. The van der Waals surface area contributed by atoms with Crippen LogP contribution in [0.1, 0.15) is 15.9 Å². The first-order valence-corrected chi connectivity index (χ1v) is 9.26. The summed E-state index contributed by atoms with van der Waals surface area (Å²) in [4.78, 5) is 12.7. The van der Waals surface area contributed by atoms with Crippen LogP contribution in [0.5, 0.6) is 23.0 Å². The van der Waals surface area contributed by atoms with Crippen LogP contribution in [0.15, 0.2) is 42.5 Å². The van der Waals surface area contributed by atoms with E-state index in [1.807, 2.05) is 0 Å². The average Bonchev–Trinajstić information content (AvgIpc) is 2.74. The first-order valence-electron chi connectivity index (χ1n) is 9.26. The molecule has 10 heteroatoms. The lowest BCUT2D eigenvalue weighted by Crippen LogP contribution is -2.60. The Hall–Kier alpha value is -3.15. The molecule has 3 rings (SSSR count). The summed E-state index contributed by atoms with van der Waals surface area (Å²) in [5, 5.41) is 68.5. The van der Waals surface area contributed by atoms with Crippen molar-refractivity contribution >= 4 is 11.9 Å². The Morgan fingerprint density at radius 1 is 0.968 bits per heavy atom. The van der Waals surface area contributed by atoms with Gasteiger partial charge in [0.15, 0.2) is 17.3 Å². The molecule has 0 aromatic heterocycles. The number of carbonyl (C=O) groups excluding carboxylic acids is 1. The molecule has 0 unspecified atom stereocenters. The summed E-state index contributed by atoms with van der Waals surface area (Å²) < 4.78 is 10.7. The molecule has 7 N–H and O–H groups in total. The zero-order valence-electron chi connectivity index (χ0n) is 16.1. The molecule has 2 aromatic carbocycles. The first kappa shape index (κ1) is 22.5. The number of hydrogen-bond acceptors (Lipinski definition) is 10. The average molecular weight is 434 g/mol. The van der Waals surface area contributed by atoms with E-state index in [9.17, 15) is 40.5 Å². The summed E-state index contributed by atoms with van der Waals surface area (Å²) in [7, 11) is 0. The maximum absolute atomic E-state index is 12.7. The number of phenols is 3. The van der Waals surface area contributed by atoms with Gasteiger partial charge in [-0.15, -0.1) is 0 Å². The lowest BCUT2D eigenvalue weighted by Gasteiger charge is -2.39. The maximum atomic E-state index is 12.7. The number of rotatable bonds is 6. The van der Waals surface area contributed by atoms with Crippen molar-refractivity contribution in [3.63, 3.8) is 0 Å². The van der Waals surface area contributed by atoms with E-state index in [0.29, 0.717) is 5.56 Å². The summed E-state index contributed by atoms with van der Waals surface area (Å²) in [6, 6.07) is 7.91. The highest BCUT2D eigenvalue weighted by atomic mass is 16.7. The van der Waals surface area contributed by atoms with Crippen molar-refractivity contribution in [2.45, 2.75) is 30.7 Å². The van der Waals surface area contributed by atoms with Crippen molar-refractivity contribution in [3.8, 4) is 23.0 Å². The summed E-state index contributed by atoms with van der Waals surface area (Å²) in [5.41, 5.74) is 0.316. The Bertz CT molecular complexity index is 953. The van der Waals surface area contributed by atoms with E-state index >= 15 is 0 Å². The van der Waals surface area contributed by atoms with Crippen LogP contribution in [-0.2, 0) is 4.74 Å². The van der Waals surface area contributed by atoms with Crippen molar-refractivity contribution in [2.75, 3.05) is 6.61 Å². The Kier molecular flexibility index (Phi) is 6.78. The van der Waals surface area contributed by atoms with Crippen LogP contribution in [0.4, 0.5) is 0 Å². The molecule has 5 atom stereocenters. The molecule has 0 radical (unpaired) electrons. The van der Waals surface area contributed by atoms with Gasteiger partial charge in [0.1, 0.15) is 35.9 Å². The molecule has 1 fully saturated rings. The Morgan fingerprint density at radius 2 is 1.65 bits per heavy atom. The standard InChI is InChI=1S/C21H22O10/c22-9-16-17(27)18(28)19(29)21(30-16)31-20-13(7-12(24)8-15(20)26)14(25)6-3-10-1-4-11(23)5-2-10/h1-8,16-19,21-24,26-29H,9H2/b6-3+/t16-,17-,18+,19-,21+/m1/s1. The third kappa shape index (κ3) is 4.95. The van der Waals surface area contributed by atoms with Crippen molar-refractivity contribution in [1.82, 2.24) is 0 Å². The molecule has 0 bridgehead atoms. The van der Waals surface area contributed by atoms with E-state index in [4.69, 9.17) is 9.47 Å². The predicted molar refractivity (Wildman–Crippen MR) is 106 cm³/mol. The third-order valence-electron chi connectivity index (χ3n) is 4.72. The Labute approximate surface area is 176 Å². The minimum Gasteiger partial charge on any atom is -0.508 e. The highest BCUT2D eigenvalue weighted by molar-refractivity contribution is 6.09. The largest absolute Gasteiger partial charge is 0.508 e. The molecule has 0 aliphatic carbocycles. The minimum absolute atomic E-state index is 0.0524. The fourth-order valence-corrected chi connectivity index (χ4v) is 3.03. The number of allylic oxidation sites excluding steroid dienone is 1. The van der Waals surface area contributed by atoms with E-state index in [2.05, 4.69) is 0 Å². The lowest BCUT2D eigenvalue weighted by molar-refractivity contribution is -0.277. The number of carbonyl (C=O) groups is 1. The normalized spacial score (nSPS) is 26.1. The molecular weight excluding hydrogens is 412 g/mol. The highest BCUT2D eigenvalue weighted by Crippen LogP contribution is 2.37. The van der Waals surface area contributed by atoms with Crippen LogP contribution >= 0.6 is 0 Å². The summed E-state index contributed by atoms with van der Waals surface area (Å²) in [5.74, 6) is -2.14. The minimum atomic E-state index is -1.76. The number of ketones is 1. The van der Waals surface area contributed by atoms with Gasteiger partial charge < -0.3 is 45.2 Å². The van der Waals surface area contributed by atoms with Crippen LogP contribution in [0.2, 0.25) is 0 Å². The van der Waals surface area contributed by atoms with E-state index < -0.39 is 60.3 Å². The quantitative estimate of drug-likeness (QED) is 0.239. The van der Waals surface area contributed by atoms with Crippen LogP contribution in [-0.4, -0.2) is 78.8 Å². The number of ether oxygens (including phenoxy) is 2. The number of phenolic OH excluding ortho intramolecular Hbond substituents is 3. The molecule has 31 heavy (non-hydrogen) atoms. The second kappa shape index (κ2) is 9.33. The Morgan fingerprint density at radius 3 is 2.29 bits per heavy atom. The zero-order valence-corrected chi connectivity index (χ0v) is 16.1. The lowest BCUT2D eigenvalue weighted by atomic mass is 9.99.